The molecule has 0 radical (unpaired) electrons. The highest BCUT2D eigenvalue weighted by Crippen LogP contribution is 2.67. The van der Waals surface area contributed by atoms with Crippen molar-refractivity contribution in [2.75, 3.05) is 33.2 Å². The summed E-state index contributed by atoms with van der Waals surface area (Å²) in [5, 5.41) is 3.19. The number of nitrogens with zero attached hydrogens (tertiary/aromatic N) is 1. The molecule has 59 heavy (non-hydrogen) atoms. The van der Waals surface area contributed by atoms with Gasteiger partial charge in [0.15, 0.2) is 5.78 Å². The first-order chi connectivity index (χ1) is 28.0. The number of fused-ring (bicyclic) bond motifs is 5. The van der Waals surface area contributed by atoms with Crippen LogP contribution in [0.5, 0.6) is 0 Å². The zero-order valence-corrected chi connectivity index (χ0v) is 40.2. The average Bonchev–Trinajstić information content (AvgIpc) is 3.56. The fourth-order valence-corrected chi connectivity index (χ4v) is 12.8. The van der Waals surface area contributed by atoms with Gasteiger partial charge in [-0.25, -0.2) is 0 Å². The van der Waals surface area contributed by atoms with E-state index in [2.05, 4.69) is 47.0 Å². The molecule has 0 bridgehead atoms. The highest BCUT2D eigenvalue weighted by molar-refractivity contribution is 5.91. The smallest absolute Gasteiger partial charge is 0.306 e. The maximum atomic E-state index is 13.2. The predicted molar refractivity (Wildman–Crippen MR) is 242 cm³/mol. The molecule has 6 nitrogen and oxygen atoms in total. The number of carbonyl (C=O) groups is 3. The van der Waals surface area contributed by atoms with Crippen LogP contribution in [0.3, 0.4) is 0 Å². The number of rotatable bonds is 30. The molecule has 0 saturated heterocycles. The van der Waals surface area contributed by atoms with Crippen LogP contribution in [0, 0.1) is 34.5 Å². The third kappa shape index (κ3) is 16.0. The van der Waals surface area contributed by atoms with E-state index in [-0.39, 0.29) is 54.1 Å². The Hall–Kier alpha value is -1.40. The van der Waals surface area contributed by atoms with Crippen LogP contribution in [0.2, 0.25) is 0 Å². The molecule has 4 aliphatic carbocycles. The fourth-order valence-electron chi connectivity index (χ4n) is 12.8. The minimum atomic E-state index is -0.224. The largest absolute Gasteiger partial charge is 1.00 e. The third-order valence-corrected chi connectivity index (χ3v) is 16.6. The SMILES string of the molecule is CCCCCCCCCCCC[N+](C)(CCCCCCCCCCCC)CCNC(=O)CCC(=O)O[C@@H](C)[C@H]1CCC2C3CCC4=CC(=O)CC[C@]4(C)C3CC[C@@]21C.[Cl-]. The first-order valence-electron chi connectivity index (χ1n) is 25.5. The number of nitrogens with one attached hydrogen (secondary N) is 1. The minimum Gasteiger partial charge on any atom is -1.00 e. The normalized spacial score (nSPS) is 26.9. The van der Waals surface area contributed by atoms with Crippen LogP contribution in [0.4, 0.5) is 0 Å². The van der Waals surface area contributed by atoms with Crippen LogP contribution < -0.4 is 17.7 Å². The zero-order valence-electron chi connectivity index (χ0n) is 39.5. The van der Waals surface area contributed by atoms with Crippen molar-refractivity contribution in [3.8, 4) is 0 Å². The second kappa shape index (κ2) is 26.9. The number of hydrogen-bond acceptors (Lipinski definition) is 4. The number of amides is 1. The van der Waals surface area contributed by atoms with E-state index >= 15 is 0 Å². The van der Waals surface area contributed by atoms with Crippen molar-refractivity contribution in [3.63, 3.8) is 0 Å². The van der Waals surface area contributed by atoms with E-state index in [0.717, 1.165) is 30.3 Å². The third-order valence-electron chi connectivity index (χ3n) is 16.6. The zero-order chi connectivity index (χ0) is 41.9. The number of unbranched alkanes of at least 4 members (excludes halogenated alkanes) is 18. The molecule has 0 aromatic carbocycles. The van der Waals surface area contributed by atoms with Crippen molar-refractivity contribution in [3.05, 3.63) is 11.6 Å². The molecular formula is C52H93ClN2O4. The lowest BCUT2D eigenvalue weighted by atomic mass is 9.46. The molecule has 4 aliphatic rings. The summed E-state index contributed by atoms with van der Waals surface area (Å²) < 4.78 is 7.18. The Morgan fingerprint density at radius 2 is 1.25 bits per heavy atom. The number of halogens is 1. The minimum absolute atomic E-state index is 0. The van der Waals surface area contributed by atoms with Crippen LogP contribution in [0.1, 0.15) is 227 Å². The summed E-state index contributed by atoms with van der Waals surface area (Å²) in [4.78, 5) is 38.5. The molecule has 7 heteroatoms. The van der Waals surface area contributed by atoms with Crippen molar-refractivity contribution >= 4 is 17.7 Å². The molecule has 3 unspecified atom stereocenters. The van der Waals surface area contributed by atoms with Gasteiger partial charge in [-0.1, -0.05) is 136 Å². The van der Waals surface area contributed by atoms with Crippen molar-refractivity contribution < 1.29 is 36.0 Å². The van der Waals surface area contributed by atoms with Gasteiger partial charge in [0.05, 0.1) is 39.6 Å². The van der Waals surface area contributed by atoms with Crippen LogP contribution in [-0.2, 0) is 19.1 Å². The monoisotopic (exact) mass is 845 g/mol. The highest BCUT2D eigenvalue weighted by Gasteiger charge is 2.60. The molecule has 0 aliphatic heterocycles. The van der Waals surface area contributed by atoms with E-state index in [1.807, 2.05) is 6.08 Å². The molecule has 0 heterocycles. The van der Waals surface area contributed by atoms with Gasteiger partial charge < -0.3 is 26.9 Å². The Kier molecular flexibility index (Phi) is 23.7. The van der Waals surface area contributed by atoms with Gasteiger partial charge in [-0.05, 0) is 112 Å². The molecule has 7 atom stereocenters. The number of ketones is 1. The van der Waals surface area contributed by atoms with Gasteiger partial charge in [0.25, 0.3) is 0 Å². The van der Waals surface area contributed by atoms with Gasteiger partial charge in [0.2, 0.25) is 5.91 Å². The Morgan fingerprint density at radius 1 is 0.712 bits per heavy atom. The lowest BCUT2D eigenvalue weighted by molar-refractivity contribution is -0.908. The molecule has 3 saturated carbocycles. The molecule has 342 valence electrons. The summed E-state index contributed by atoms with van der Waals surface area (Å²) in [5.41, 5.74) is 1.80. The Balaban J connectivity index is 0.00000930. The standard InChI is InChI=1S/C52H92N2O4.ClH/c1-7-9-11-13-15-17-19-21-23-25-38-54(6,39-26-24-22-20-18-16-14-12-10-8-2)40-37-53-49(56)31-32-50(57)58-42(3)46-29-30-47-45-28-27-43-41-44(55)33-35-51(43,4)48(45)34-36-52(46,47)5;/h41-42,45-48H,7-40H2,1-6H3;1H/t42-,45?,46+,47?,48?,51-,52+;/m0./s1. The predicted octanol–water partition coefficient (Wildman–Crippen LogP) is 10.3. The summed E-state index contributed by atoms with van der Waals surface area (Å²) in [6.45, 7) is 15.6. The number of likely N-dealkylation sites (N-methyl/N-ethyl adjacent to an activating group) is 1. The highest BCUT2D eigenvalue weighted by atomic mass is 35.5. The molecule has 4 rings (SSSR count). The molecule has 0 spiro atoms. The van der Waals surface area contributed by atoms with Gasteiger partial charge in [-0.15, -0.1) is 0 Å². The number of allylic oxidation sites excluding steroid dienone is 1. The van der Waals surface area contributed by atoms with Gasteiger partial charge in [-0.3, -0.25) is 14.4 Å². The summed E-state index contributed by atoms with van der Waals surface area (Å²) in [7, 11) is 2.41. The van der Waals surface area contributed by atoms with Crippen molar-refractivity contribution in [1.82, 2.24) is 5.32 Å². The fraction of sp³-hybridized carbons (Fsp3) is 0.904. The van der Waals surface area contributed by atoms with Crippen LogP contribution in [-0.4, -0.2) is 61.5 Å². The van der Waals surface area contributed by atoms with E-state index in [9.17, 15) is 14.4 Å². The molecule has 1 N–H and O–H groups in total. The lowest BCUT2D eigenvalue weighted by Gasteiger charge is -2.58. The molecular weight excluding hydrogens is 752 g/mol. The number of carbonyl (C=O) groups excluding carboxylic acids is 3. The van der Waals surface area contributed by atoms with Gasteiger partial charge in [0.1, 0.15) is 6.10 Å². The van der Waals surface area contributed by atoms with Crippen molar-refractivity contribution in [1.29, 1.82) is 0 Å². The Labute approximate surface area is 370 Å². The topological polar surface area (TPSA) is 72.5 Å². The first kappa shape index (κ1) is 51.9. The summed E-state index contributed by atoms with van der Waals surface area (Å²) in [6.07, 6.45) is 38.2. The summed E-state index contributed by atoms with van der Waals surface area (Å²) >= 11 is 0. The van der Waals surface area contributed by atoms with Crippen LogP contribution in [0.25, 0.3) is 0 Å². The van der Waals surface area contributed by atoms with Gasteiger partial charge >= 0.3 is 5.97 Å². The van der Waals surface area contributed by atoms with E-state index in [1.54, 1.807) is 0 Å². The van der Waals surface area contributed by atoms with E-state index < -0.39 is 0 Å². The maximum Gasteiger partial charge on any atom is 0.306 e. The number of quaternary nitrogens is 1. The van der Waals surface area contributed by atoms with E-state index in [1.165, 1.54) is 173 Å². The number of esters is 1. The number of ether oxygens (including phenoxy) is 1. The molecule has 0 aromatic heterocycles. The quantitative estimate of drug-likeness (QED) is 0.0444. The summed E-state index contributed by atoms with van der Waals surface area (Å²) in [6, 6.07) is 0. The lowest BCUT2D eigenvalue weighted by Crippen LogP contribution is -3.00. The number of hydrogen-bond donors (Lipinski definition) is 1. The van der Waals surface area contributed by atoms with E-state index in [0.29, 0.717) is 42.4 Å². The van der Waals surface area contributed by atoms with Crippen molar-refractivity contribution in [2.24, 2.45) is 34.5 Å². The van der Waals surface area contributed by atoms with Crippen molar-refractivity contribution in [2.45, 2.75) is 233 Å². The van der Waals surface area contributed by atoms with Gasteiger partial charge in [-0.2, -0.15) is 0 Å². The first-order valence-corrected chi connectivity index (χ1v) is 25.5. The maximum absolute atomic E-state index is 13.2. The second-order valence-corrected chi connectivity index (χ2v) is 20.9. The van der Waals surface area contributed by atoms with Gasteiger partial charge in [0, 0.05) is 18.8 Å². The van der Waals surface area contributed by atoms with E-state index in [4.69, 9.17) is 4.74 Å². The molecule has 3 fully saturated rings. The Bertz CT molecular complexity index is 1240. The average molecular weight is 846 g/mol. The molecule has 1 amide bonds. The summed E-state index contributed by atoms with van der Waals surface area (Å²) in [5.74, 6) is 2.49. The second-order valence-electron chi connectivity index (χ2n) is 20.9. The van der Waals surface area contributed by atoms with Crippen LogP contribution >= 0.6 is 0 Å². The van der Waals surface area contributed by atoms with Crippen LogP contribution in [0.15, 0.2) is 11.6 Å². The Morgan fingerprint density at radius 3 is 1.81 bits per heavy atom. The molecule has 0 aromatic rings.